The van der Waals surface area contributed by atoms with Crippen molar-refractivity contribution >= 4 is 19.8 Å². The molecule has 358 valence electrons. The molecule has 0 spiro atoms. The second-order valence-corrected chi connectivity index (χ2v) is 17.5. The van der Waals surface area contributed by atoms with Crippen LogP contribution in [0.3, 0.4) is 0 Å². The predicted molar refractivity (Wildman–Crippen MR) is 241 cm³/mol. The van der Waals surface area contributed by atoms with Crippen LogP contribution in [-0.2, 0) is 32.7 Å². The lowest BCUT2D eigenvalue weighted by Gasteiger charge is -2.41. The maximum Gasteiger partial charge on any atom is 0.472 e. The number of aliphatic hydroxyl groups excluding tert-OH is 6. The van der Waals surface area contributed by atoms with Crippen LogP contribution in [-0.4, -0.2) is 110 Å². The zero-order valence-corrected chi connectivity index (χ0v) is 38.4. The SMILES string of the molecule is CCCCC/C=C/C/C=C/C/C=C/C=C/C(O)CCCC(=O)OC(COC(=O)CCCCCCC/C=C\CCCCCCCC)COP(=O)(O)OC1C(O)C(O)C(O)C(O)C1O. The molecule has 7 unspecified atom stereocenters. The zero-order chi connectivity index (χ0) is 45.9. The molecule has 7 atom stereocenters. The largest absolute Gasteiger partial charge is 0.472 e. The zero-order valence-electron chi connectivity index (χ0n) is 37.5. The van der Waals surface area contributed by atoms with Crippen LogP contribution >= 0.6 is 7.82 Å². The van der Waals surface area contributed by atoms with Crippen molar-refractivity contribution in [3.63, 3.8) is 0 Å². The number of aliphatic hydroxyl groups is 6. The normalized spacial score (nSPS) is 22.9. The van der Waals surface area contributed by atoms with E-state index in [1.165, 1.54) is 57.8 Å². The standard InChI is InChI=1S/C47H81O14P/c1-3-5-7-9-11-13-15-17-18-20-22-24-26-28-30-34-40(49)58-36-39(37-59-62(56,57)61-47-45(54)43(52)42(51)44(53)46(47)55)60-41(50)35-31-33-38(48)32-29-27-25-23-21-19-16-14-12-10-8-6-4-2/h12,14,17-19,21,25,27,29,32,38-39,42-48,51-55H,3-11,13,15-16,20,22-24,26,28,30-31,33-37H2,1-2H3,(H,56,57)/b14-12+,18-17-,21-19+,27-25+,32-29+. The first-order chi connectivity index (χ1) is 29.8. The maximum atomic E-state index is 12.8. The van der Waals surface area contributed by atoms with Crippen molar-refractivity contribution in [2.24, 2.45) is 0 Å². The number of phosphoric ester groups is 1. The molecule has 0 saturated heterocycles. The molecular weight excluding hydrogens is 819 g/mol. The van der Waals surface area contributed by atoms with E-state index in [-0.39, 0.29) is 25.7 Å². The molecule has 0 aromatic carbocycles. The van der Waals surface area contributed by atoms with Gasteiger partial charge < -0.3 is 45.0 Å². The lowest BCUT2D eigenvalue weighted by atomic mass is 9.85. The summed E-state index contributed by atoms with van der Waals surface area (Å²) in [6.45, 7) is 3.08. The van der Waals surface area contributed by atoms with E-state index >= 15 is 0 Å². The van der Waals surface area contributed by atoms with Gasteiger partial charge in [0.25, 0.3) is 0 Å². The van der Waals surface area contributed by atoms with Crippen LogP contribution < -0.4 is 0 Å². The van der Waals surface area contributed by atoms with Crippen LogP contribution in [0.4, 0.5) is 0 Å². The molecule has 0 heterocycles. The summed E-state index contributed by atoms with van der Waals surface area (Å²) in [6.07, 6.45) is 27.2. The quantitative estimate of drug-likeness (QED) is 0.0103. The van der Waals surface area contributed by atoms with Gasteiger partial charge in [-0.25, -0.2) is 4.57 Å². The van der Waals surface area contributed by atoms with Crippen LogP contribution in [0.5, 0.6) is 0 Å². The minimum atomic E-state index is -5.18. The molecule has 14 nitrogen and oxygen atoms in total. The van der Waals surface area contributed by atoms with Crippen LogP contribution in [0.25, 0.3) is 0 Å². The lowest BCUT2D eigenvalue weighted by Crippen LogP contribution is -2.64. The van der Waals surface area contributed by atoms with Crippen molar-refractivity contribution in [1.29, 1.82) is 0 Å². The van der Waals surface area contributed by atoms with E-state index in [9.17, 15) is 49.7 Å². The summed E-state index contributed by atoms with van der Waals surface area (Å²) in [5.74, 6) is -1.31. The van der Waals surface area contributed by atoms with E-state index in [1.54, 1.807) is 12.2 Å². The predicted octanol–water partition coefficient (Wildman–Crippen LogP) is 7.92. The Balaban J connectivity index is 2.57. The molecule has 0 amide bonds. The highest BCUT2D eigenvalue weighted by molar-refractivity contribution is 7.47. The van der Waals surface area contributed by atoms with Crippen LogP contribution in [0.15, 0.2) is 60.8 Å². The lowest BCUT2D eigenvalue weighted by molar-refractivity contribution is -0.220. The summed E-state index contributed by atoms with van der Waals surface area (Å²) in [7, 11) is -5.18. The number of ether oxygens (including phenoxy) is 2. The van der Waals surface area contributed by atoms with Gasteiger partial charge in [-0.05, 0) is 70.6 Å². The Morgan fingerprint density at radius 1 is 0.581 bits per heavy atom. The van der Waals surface area contributed by atoms with Crippen LogP contribution in [0.1, 0.15) is 162 Å². The smallest absolute Gasteiger partial charge is 0.462 e. The van der Waals surface area contributed by atoms with Crippen molar-refractivity contribution < 1.29 is 68.2 Å². The topological polar surface area (TPSA) is 230 Å². The highest BCUT2D eigenvalue weighted by Gasteiger charge is 2.51. The highest BCUT2D eigenvalue weighted by Crippen LogP contribution is 2.47. The van der Waals surface area contributed by atoms with E-state index < -0.39 is 81.8 Å². The Morgan fingerprint density at radius 3 is 1.69 bits per heavy atom. The van der Waals surface area contributed by atoms with Gasteiger partial charge in [0, 0.05) is 12.8 Å². The number of esters is 2. The van der Waals surface area contributed by atoms with E-state index in [1.807, 2.05) is 12.2 Å². The highest BCUT2D eigenvalue weighted by atomic mass is 31.2. The third-order valence-corrected chi connectivity index (χ3v) is 11.4. The first-order valence-corrected chi connectivity index (χ1v) is 24.7. The van der Waals surface area contributed by atoms with Gasteiger partial charge in [-0.15, -0.1) is 0 Å². The number of phosphoric acid groups is 1. The van der Waals surface area contributed by atoms with E-state index in [0.717, 1.165) is 57.8 Å². The van der Waals surface area contributed by atoms with Crippen molar-refractivity contribution in [3.8, 4) is 0 Å². The molecule has 0 aliphatic heterocycles. The van der Waals surface area contributed by atoms with Gasteiger partial charge in [-0.2, -0.15) is 0 Å². The molecule has 1 aliphatic carbocycles. The summed E-state index contributed by atoms with van der Waals surface area (Å²) < 4.78 is 33.4. The third kappa shape index (κ3) is 29.1. The Labute approximate surface area is 371 Å². The number of rotatable bonds is 37. The van der Waals surface area contributed by atoms with E-state index in [4.69, 9.17) is 18.5 Å². The number of hydrogen-bond acceptors (Lipinski definition) is 13. The average Bonchev–Trinajstić information content (AvgIpc) is 3.25. The monoisotopic (exact) mass is 901 g/mol. The number of allylic oxidation sites excluding steroid dienone is 9. The summed E-state index contributed by atoms with van der Waals surface area (Å²) >= 11 is 0. The molecule has 7 N–H and O–H groups in total. The first-order valence-electron chi connectivity index (χ1n) is 23.2. The van der Waals surface area contributed by atoms with Crippen molar-refractivity contribution in [2.45, 2.75) is 210 Å². The Kier molecular flexibility index (Phi) is 34.2. The van der Waals surface area contributed by atoms with Crippen molar-refractivity contribution in [1.82, 2.24) is 0 Å². The minimum absolute atomic E-state index is 0.114. The summed E-state index contributed by atoms with van der Waals surface area (Å²) in [6, 6.07) is 0. The fourth-order valence-electron chi connectivity index (χ4n) is 6.62. The minimum Gasteiger partial charge on any atom is -0.462 e. The van der Waals surface area contributed by atoms with Gasteiger partial charge in [0.15, 0.2) is 6.10 Å². The second-order valence-electron chi connectivity index (χ2n) is 16.1. The Hall–Kier alpha value is -2.49. The molecule has 1 fully saturated rings. The van der Waals surface area contributed by atoms with Gasteiger partial charge in [-0.3, -0.25) is 18.6 Å². The number of hydrogen-bond donors (Lipinski definition) is 7. The van der Waals surface area contributed by atoms with Crippen molar-refractivity contribution in [3.05, 3.63) is 60.8 Å². The average molecular weight is 901 g/mol. The summed E-state index contributed by atoms with van der Waals surface area (Å²) in [5.41, 5.74) is 0. The number of carbonyl (C=O) groups excluding carboxylic acids is 2. The molecule has 0 bridgehead atoms. The fourth-order valence-corrected chi connectivity index (χ4v) is 7.59. The van der Waals surface area contributed by atoms with Gasteiger partial charge >= 0.3 is 19.8 Å². The van der Waals surface area contributed by atoms with E-state index in [0.29, 0.717) is 6.42 Å². The summed E-state index contributed by atoms with van der Waals surface area (Å²) in [5, 5.41) is 60.5. The first kappa shape index (κ1) is 57.5. The second kappa shape index (κ2) is 36.8. The molecule has 0 aromatic rings. The fraction of sp³-hybridized carbons (Fsp3) is 0.745. The third-order valence-electron chi connectivity index (χ3n) is 10.4. The molecule has 1 aliphatic rings. The van der Waals surface area contributed by atoms with Gasteiger partial charge in [0.1, 0.15) is 43.2 Å². The van der Waals surface area contributed by atoms with Gasteiger partial charge in [0.05, 0.1) is 12.7 Å². The van der Waals surface area contributed by atoms with Crippen LogP contribution in [0.2, 0.25) is 0 Å². The summed E-state index contributed by atoms with van der Waals surface area (Å²) in [4.78, 5) is 35.7. The van der Waals surface area contributed by atoms with Crippen LogP contribution in [0, 0.1) is 0 Å². The molecule has 1 rings (SSSR count). The molecule has 0 radical (unpaired) electrons. The molecule has 0 aromatic heterocycles. The molecule has 62 heavy (non-hydrogen) atoms. The van der Waals surface area contributed by atoms with E-state index in [2.05, 4.69) is 50.3 Å². The maximum absolute atomic E-state index is 12.8. The van der Waals surface area contributed by atoms with Gasteiger partial charge in [0.2, 0.25) is 0 Å². The molecular formula is C47H81O14P. The molecule has 15 heteroatoms. The Morgan fingerprint density at radius 2 is 1.06 bits per heavy atom. The number of carbonyl (C=O) groups is 2. The van der Waals surface area contributed by atoms with Crippen molar-refractivity contribution in [2.75, 3.05) is 13.2 Å². The van der Waals surface area contributed by atoms with Gasteiger partial charge in [-0.1, -0.05) is 139 Å². The molecule has 1 saturated carbocycles. The Bertz CT molecular complexity index is 1330. The number of unbranched alkanes of at least 4 members (excludes halogenated alkanes) is 14.